The van der Waals surface area contributed by atoms with E-state index in [4.69, 9.17) is 4.98 Å². The average Bonchev–Trinajstić information content (AvgIpc) is 3.74. The lowest BCUT2D eigenvalue weighted by molar-refractivity contribution is -0.141. The molecule has 13 heteroatoms. The van der Waals surface area contributed by atoms with Crippen molar-refractivity contribution in [2.45, 2.75) is 51.4 Å². The second-order valence-corrected chi connectivity index (χ2v) is 13.0. The van der Waals surface area contributed by atoms with Crippen LogP contribution in [-0.4, -0.2) is 73.8 Å². The first-order chi connectivity index (χ1) is 23.5. The molecule has 1 fully saturated rings. The number of anilines is 1. The number of benzene rings is 2. The number of carbonyl (C=O) groups is 2. The van der Waals surface area contributed by atoms with Crippen LogP contribution >= 0.6 is 0 Å². The van der Waals surface area contributed by atoms with Crippen LogP contribution in [0.15, 0.2) is 61.3 Å². The summed E-state index contributed by atoms with van der Waals surface area (Å²) in [5.74, 6) is -0.193. The molecule has 49 heavy (non-hydrogen) atoms. The Labute approximate surface area is 281 Å². The fourth-order valence-electron chi connectivity index (χ4n) is 6.93. The molecule has 254 valence electrons. The number of amides is 2. The number of piperidine rings is 1. The maximum absolute atomic E-state index is 14.3. The summed E-state index contributed by atoms with van der Waals surface area (Å²) in [5.41, 5.74) is 2.69. The number of nitrogens with one attached hydrogen (secondary N) is 1. The highest BCUT2D eigenvalue weighted by molar-refractivity contribution is 6.10. The number of carbonyl (C=O) groups excluding carboxylic acids is 2. The summed E-state index contributed by atoms with van der Waals surface area (Å²) >= 11 is 0. The normalized spacial score (nSPS) is 16.0. The van der Waals surface area contributed by atoms with Gasteiger partial charge in [0.15, 0.2) is 5.69 Å². The number of aryl methyl sites for hydroxylation is 2. The summed E-state index contributed by atoms with van der Waals surface area (Å²) in [5, 5.41) is 7.73. The third-order valence-corrected chi connectivity index (χ3v) is 9.50. The molecule has 3 aromatic heterocycles. The topological polar surface area (TPSA) is 101 Å². The Morgan fingerprint density at radius 1 is 1.00 bits per heavy atom. The number of alkyl halides is 3. The van der Waals surface area contributed by atoms with E-state index in [1.807, 2.05) is 25.1 Å². The van der Waals surface area contributed by atoms with Crippen LogP contribution in [0.1, 0.15) is 62.9 Å². The molecule has 0 unspecified atom stereocenters. The molecule has 2 aromatic carbocycles. The van der Waals surface area contributed by atoms with Crippen molar-refractivity contribution in [2.75, 3.05) is 31.6 Å². The van der Waals surface area contributed by atoms with Crippen LogP contribution in [0.4, 0.5) is 19.0 Å². The number of rotatable bonds is 7. The number of nitrogens with zero attached hydrogens (tertiary/aromatic N) is 7. The van der Waals surface area contributed by atoms with Gasteiger partial charge in [-0.2, -0.15) is 18.3 Å². The van der Waals surface area contributed by atoms with E-state index in [1.165, 1.54) is 13.2 Å². The van der Waals surface area contributed by atoms with Crippen LogP contribution in [-0.2, 0) is 32.6 Å². The van der Waals surface area contributed by atoms with Gasteiger partial charge in [-0.3, -0.25) is 19.2 Å². The van der Waals surface area contributed by atoms with Crippen molar-refractivity contribution in [3.05, 3.63) is 94.8 Å². The van der Waals surface area contributed by atoms with E-state index in [9.17, 15) is 22.8 Å². The van der Waals surface area contributed by atoms with Crippen LogP contribution in [0, 0.1) is 0 Å². The highest BCUT2D eigenvalue weighted by atomic mass is 19.4. The van der Waals surface area contributed by atoms with Crippen LogP contribution < -0.4 is 10.2 Å². The van der Waals surface area contributed by atoms with E-state index in [0.29, 0.717) is 52.1 Å². The number of pyridine rings is 1. The first-order valence-electron chi connectivity index (χ1n) is 16.5. The summed E-state index contributed by atoms with van der Waals surface area (Å²) in [6.07, 6.45) is 4.42. The zero-order valence-corrected chi connectivity index (χ0v) is 27.6. The average molecular weight is 671 g/mol. The molecule has 0 aliphatic carbocycles. The first-order valence-corrected chi connectivity index (χ1v) is 16.5. The van der Waals surface area contributed by atoms with Crippen molar-refractivity contribution in [2.24, 2.45) is 7.05 Å². The molecule has 5 aromatic rings. The van der Waals surface area contributed by atoms with E-state index < -0.39 is 11.9 Å². The van der Waals surface area contributed by atoms with Crippen molar-refractivity contribution >= 4 is 28.5 Å². The molecule has 0 radical (unpaired) electrons. The summed E-state index contributed by atoms with van der Waals surface area (Å²) in [6.45, 7) is 4.35. The summed E-state index contributed by atoms with van der Waals surface area (Å²) in [4.78, 5) is 40.8. The number of hydrogen-bond donors (Lipinski definition) is 1. The van der Waals surface area contributed by atoms with Crippen LogP contribution in [0.2, 0.25) is 0 Å². The van der Waals surface area contributed by atoms with Gasteiger partial charge in [-0.15, -0.1) is 0 Å². The number of aromatic nitrogens is 5. The summed E-state index contributed by atoms with van der Waals surface area (Å²) < 4.78 is 45.4. The smallest absolute Gasteiger partial charge is 0.349 e. The van der Waals surface area contributed by atoms with Crippen molar-refractivity contribution < 1.29 is 22.8 Å². The predicted octanol–water partition coefficient (Wildman–Crippen LogP) is 5.49. The minimum atomic E-state index is -4.68. The minimum Gasteiger partial charge on any atom is -0.349 e. The first kappa shape index (κ1) is 32.5. The molecule has 0 spiro atoms. The lowest BCUT2D eigenvalue weighted by atomic mass is 9.88. The zero-order chi connectivity index (χ0) is 34.4. The zero-order valence-electron chi connectivity index (χ0n) is 27.6. The van der Waals surface area contributed by atoms with E-state index in [0.717, 1.165) is 48.0 Å². The third-order valence-electron chi connectivity index (χ3n) is 9.50. The van der Waals surface area contributed by atoms with Crippen molar-refractivity contribution in [1.82, 2.24) is 34.5 Å². The molecule has 1 N–H and O–H groups in total. The molecule has 1 saturated heterocycles. The number of likely N-dealkylation sites (tertiary alicyclic amines) is 1. The highest BCUT2D eigenvalue weighted by Gasteiger charge is 2.39. The lowest BCUT2D eigenvalue weighted by Gasteiger charge is -2.30. The fraction of sp³-hybridized carbons (Fsp3) is 0.361. The number of imidazole rings is 1. The SMILES string of the molecule is CCc1cc(C(=O)NC2CCN(C)CC2)c2nc(N3CCc4c(cc(Cn5ccnc5)cc4-c4cn(C)nc4C(F)(F)F)C3=O)ccc2c1. The van der Waals surface area contributed by atoms with Crippen molar-refractivity contribution in [3.8, 4) is 11.1 Å². The van der Waals surface area contributed by atoms with Crippen LogP contribution in [0.3, 0.4) is 0 Å². The van der Waals surface area contributed by atoms with Crippen LogP contribution in [0.5, 0.6) is 0 Å². The summed E-state index contributed by atoms with van der Waals surface area (Å²) in [7, 11) is 3.52. The second kappa shape index (κ2) is 12.8. The molecule has 0 saturated carbocycles. The molecular weight excluding hydrogens is 633 g/mol. The van der Waals surface area contributed by atoms with Crippen molar-refractivity contribution in [1.29, 1.82) is 0 Å². The number of halogens is 3. The monoisotopic (exact) mass is 670 g/mol. The third kappa shape index (κ3) is 6.42. The van der Waals surface area contributed by atoms with Gasteiger partial charge in [0.05, 0.1) is 17.4 Å². The molecular formula is C36H37F3N8O2. The fourth-order valence-corrected chi connectivity index (χ4v) is 6.93. The molecule has 0 bridgehead atoms. The van der Waals surface area contributed by atoms with Crippen LogP contribution in [0.25, 0.3) is 22.0 Å². The van der Waals surface area contributed by atoms with Gasteiger partial charge in [0, 0.05) is 61.3 Å². The molecule has 7 rings (SSSR count). The molecule has 5 heterocycles. The Bertz CT molecular complexity index is 2050. The molecule has 0 atom stereocenters. The lowest BCUT2D eigenvalue weighted by Crippen LogP contribution is -2.43. The van der Waals surface area contributed by atoms with Gasteiger partial charge in [-0.25, -0.2) is 9.97 Å². The quantitative estimate of drug-likeness (QED) is 0.246. The van der Waals surface area contributed by atoms with Gasteiger partial charge in [0.25, 0.3) is 11.8 Å². The van der Waals surface area contributed by atoms with E-state index in [-0.39, 0.29) is 30.0 Å². The second-order valence-electron chi connectivity index (χ2n) is 13.0. The Morgan fingerprint density at radius 2 is 1.78 bits per heavy atom. The number of fused-ring (bicyclic) bond motifs is 2. The molecule has 2 aliphatic rings. The van der Waals surface area contributed by atoms with Gasteiger partial charge in [0.2, 0.25) is 0 Å². The maximum atomic E-state index is 14.3. The van der Waals surface area contributed by atoms with Gasteiger partial charge in [0.1, 0.15) is 5.82 Å². The Hall–Kier alpha value is -5.04. The van der Waals surface area contributed by atoms with Gasteiger partial charge < -0.3 is 14.8 Å². The largest absolute Gasteiger partial charge is 0.435 e. The molecule has 10 nitrogen and oxygen atoms in total. The minimum absolute atomic E-state index is 0.0655. The Morgan fingerprint density at radius 3 is 2.49 bits per heavy atom. The van der Waals surface area contributed by atoms with Gasteiger partial charge in [-0.1, -0.05) is 6.92 Å². The van der Waals surface area contributed by atoms with E-state index in [1.54, 1.807) is 46.4 Å². The number of hydrogen-bond acceptors (Lipinski definition) is 6. The van der Waals surface area contributed by atoms with Crippen molar-refractivity contribution in [3.63, 3.8) is 0 Å². The standard InChI is InChI=1S/C36H37F3N8O2/c1-4-22-15-24-5-6-31(42-32(24)29(16-22)34(48)41-25-7-11-44(2)12-8-25)47-13-9-26-27(30-20-45(3)43-33(30)36(37,38)39)17-23(18-28(26)35(47)49)19-46-14-10-40-21-46/h5-6,10,14-18,20-21,25H,4,7-9,11-13,19H2,1-3H3,(H,41,48). The van der Waals surface area contributed by atoms with Gasteiger partial charge in [-0.05, 0) is 104 Å². The predicted molar refractivity (Wildman–Crippen MR) is 179 cm³/mol. The molecule has 2 amide bonds. The summed E-state index contributed by atoms with van der Waals surface area (Å²) in [6, 6.07) is 11.0. The van der Waals surface area contributed by atoms with E-state index in [2.05, 4.69) is 27.3 Å². The Kier molecular flexibility index (Phi) is 8.47. The maximum Gasteiger partial charge on any atom is 0.435 e. The molecule has 2 aliphatic heterocycles. The van der Waals surface area contributed by atoms with E-state index >= 15 is 0 Å². The highest BCUT2D eigenvalue weighted by Crippen LogP contribution is 2.40. The Balaban J connectivity index is 1.28. The van der Waals surface area contributed by atoms with Gasteiger partial charge >= 0.3 is 6.18 Å².